The largest absolute Gasteiger partial charge is 0.490 e. The van der Waals surface area contributed by atoms with Gasteiger partial charge in [-0.2, -0.15) is 10.2 Å². The van der Waals surface area contributed by atoms with E-state index in [0.717, 1.165) is 61.1 Å². The van der Waals surface area contributed by atoms with Gasteiger partial charge in [-0.25, -0.2) is 13.8 Å². The zero-order valence-electron chi connectivity index (χ0n) is 23.9. The van der Waals surface area contributed by atoms with Crippen molar-refractivity contribution >= 4 is 28.4 Å². The summed E-state index contributed by atoms with van der Waals surface area (Å²) in [7, 11) is 0. The molecule has 220 valence electrons. The number of nitrogens with zero attached hydrogens (tertiary/aromatic N) is 8. The van der Waals surface area contributed by atoms with E-state index >= 15 is 0 Å². The molecule has 1 aromatic carbocycles. The number of anilines is 3. The summed E-state index contributed by atoms with van der Waals surface area (Å²) in [5, 5.41) is 10.5. The second-order valence-corrected chi connectivity index (χ2v) is 11.4. The minimum absolute atomic E-state index is 0.00801. The van der Waals surface area contributed by atoms with Gasteiger partial charge in [0.15, 0.2) is 0 Å². The molecule has 3 saturated heterocycles. The number of fused-ring (bicyclic) bond motifs is 1. The second kappa shape index (κ2) is 11.2. The number of nitrogens with two attached hydrogens (primary N) is 1. The molecule has 2 N–H and O–H groups in total. The minimum Gasteiger partial charge on any atom is -0.490 e. The van der Waals surface area contributed by atoms with Crippen molar-refractivity contribution in [2.24, 2.45) is 5.73 Å². The van der Waals surface area contributed by atoms with Gasteiger partial charge < -0.3 is 30.1 Å². The van der Waals surface area contributed by atoms with E-state index in [1.54, 1.807) is 6.20 Å². The molecule has 5 heterocycles. The summed E-state index contributed by atoms with van der Waals surface area (Å²) in [4.78, 5) is 21.8. The van der Waals surface area contributed by atoms with Gasteiger partial charge in [0.2, 0.25) is 5.95 Å². The number of aromatic nitrogens is 3. The Kier molecular flexibility index (Phi) is 7.45. The number of aryl methyl sites for hydroxylation is 1. The Bertz CT molecular complexity index is 1530. The van der Waals surface area contributed by atoms with Crippen molar-refractivity contribution < 1.29 is 13.5 Å². The third kappa shape index (κ3) is 5.87. The summed E-state index contributed by atoms with van der Waals surface area (Å²) in [5.41, 5.74) is 8.94. The monoisotopic (exact) mass is 575 g/mol. The molecule has 10 nitrogen and oxygen atoms in total. The van der Waals surface area contributed by atoms with Crippen LogP contribution in [0.5, 0.6) is 0 Å². The molecular formula is C30H35F2N9O. The lowest BCUT2D eigenvalue weighted by molar-refractivity contribution is -0.0176. The molecule has 12 heteroatoms. The highest BCUT2D eigenvalue weighted by Gasteiger charge is 2.40. The van der Waals surface area contributed by atoms with E-state index in [0.29, 0.717) is 30.1 Å². The van der Waals surface area contributed by atoms with Crippen LogP contribution in [0.1, 0.15) is 24.6 Å². The summed E-state index contributed by atoms with van der Waals surface area (Å²) < 4.78 is 34.6. The summed E-state index contributed by atoms with van der Waals surface area (Å²) in [5.74, 6) is -0.935. The van der Waals surface area contributed by atoms with Gasteiger partial charge in [-0.3, -0.25) is 4.98 Å². The van der Waals surface area contributed by atoms with E-state index in [2.05, 4.69) is 48.8 Å². The SMILES string of the molecule is Cc1cc(N2CCN(/C=C3\CN(c4ccc(C#N)c5ncccc45)C[C@@H](C)O3)CC2)nc(N2CC(N)CC(F)(F)C2)n1. The Morgan fingerprint density at radius 3 is 2.67 bits per heavy atom. The van der Waals surface area contributed by atoms with Crippen molar-refractivity contribution in [2.75, 3.05) is 67.1 Å². The van der Waals surface area contributed by atoms with E-state index in [4.69, 9.17) is 10.5 Å². The number of hydrogen-bond acceptors (Lipinski definition) is 10. The van der Waals surface area contributed by atoms with Crippen LogP contribution in [0, 0.1) is 18.3 Å². The summed E-state index contributed by atoms with van der Waals surface area (Å²) in [6.45, 7) is 8.11. The van der Waals surface area contributed by atoms with Crippen molar-refractivity contribution in [3.05, 3.63) is 59.7 Å². The third-order valence-electron chi connectivity index (χ3n) is 7.90. The molecule has 2 aromatic heterocycles. The first kappa shape index (κ1) is 27.9. The number of rotatable bonds is 4. The summed E-state index contributed by atoms with van der Waals surface area (Å²) in [6.07, 6.45) is 3.48. The number of nitriles is 1. The maximum absolute atomic E-state index is 14.2. The fraction of sp³-hybridized carbons (Fsp3) is 0.467. The minimum atomic E-state index is -2.86. The summed E-state index contributed by atoms with van der Waals surface area (Å²) >= 11 is 0. The van der Waals surface area contributed by atoms with Gasteiger partial charge in [-0.15, -0.1) is 0 Å². The van der Waals surface area contributed by atoms with Crippen LogP contribution in [-0.2, 0) is 4.74 Å². The van der Waals surface area contributed by atoms with Crippen LogP contribution in [-0.4, -0.2) is 90.3 Å². The molecular weight excluding hydrogens is 540 g/mol. The third-order valence-corrected chi connectivity index (χ3v) is 7.90. The van der Waals surface area contributed by atoms with Crippen LogP contribution >= 0.6 is 0 Å². The van der Waals surface area contributed by atoms with Gasteiger partial charge in [-0.05, 0) is 38.1 Å². The van der Waals surface area contributed by atoms with Crippen LogP contribution in [0.2, 0.25) is 0 Å². The Hall–Kier alpha value is -4.24. The van der Waals surface area contributed by atoms with Crippen molar-refractivity contribution in [1.29, 1.82) is 5.26 Å². The zero-order chi connectivity index (χ0) is 29.4. The highest BCUT2D eigenvalue weighted by Crippen LogP contribution is 2.32. The fourth-order valence-electron chi connectivity index (χ4n) is 6.09. The highest BCUT2D eigenvalue weighted by molar-refractivity contribution is 5.95. The smallest absolute Gasteiger partial charge is 0.266 e. The molecule has 0 aliphatic carbocycles. The molecule has 0 radical (unpaired) electrons. The van der Waals surface area contributed by atoms with Crippen LogP contribution < -0.4 is 20.4 Å². The standard InChI is InChI=1S/C30H35F2N9O/c1-20-12-27(37-29(36-20)41-16-23(34)13-30(31,32)19-41)39-10-8-38(9-11-39)17-24-18-40(15-21(2)42-24)26-6-5-22(14-33)28-25(26)4-3-7-35-28/h3-7,12,17,21,23H,8-11,13,15-16,18-19,34H2,1-2H3/b24-17+/t21-,23?/m1/s1. The molecule has 1 unspecified atom stereocenters. The lowest BCUT2D eigenvalue weighted by Gasteiger charge is -2.39. The highest BCUT2D eigenvalue weighted by atomic mass is 19.3. The van der Waals surface area contributed by atoms with E-state index in [-0.39, 0.29) is 12.5 Å². The van der Waals surface area contributed by atoms with E-state index in [1.807, 2.05) is 37.3 Å². The topological polar surface area (TPSA) is 111 Å². The lowest BCUT2D eigenvalue weighted by atomic mass is 10.0. The first-order chi connectivity index (χ1) is 20.2. The Morgan fingerprint density at radius 1 is 1.10 bits per heavy atom. The maximum atomic E-state index is 14.2. The molecule has 42 heavy (non-hydrogen) atoms. The van der Waals surface area contributed by atoms with Crippen LogP contribution in [0.4, 0.5) is 26.2 Å². The van der Waals surface area contributed by atoms with Gasteiger partial charge in [0.05, 0.1) is 30.7 Å². The number of alkyl halides is 2. The average Bonchev–Trinajstić information content (AvgIpc) is 2.95. The Morgan fingerprint density at radius 2 is 1.90 bits per heavy atom. The number of benzene rings is 1. The number of piperidine rings is 1. The van der Waals surface area contributed by atoms with E-state index in [9.17, 15) is 14.0 Å². The van der Waals surface area contributed by atoms with E-state index < -0.39 is 18.5 Å². The Labute approximate surface area is 244 Å². The van der Waals surface area contributed by atoms with Crippen LogP contribution in [0.3, 0.4) is 0 Å². The number of piperazine rings is 1. The van der Waals surface area contributed by atoms with Gasteiger partial charge in [0.25, 0.3) is 5.92 Å². The molecule has 0 spiro atoms. The van der Waals surface area contributed by atoms with Crippen molar-refractivity contribution in [3.8, 4) is 6.07 Å². The number of halogens is 2. The first-order valence-corrected chi connectivity index (χ1v) is 14.3. The predicted molar refractivity (Wildman–Crippen MR) is 158 cm³/mol. The number of morpholine rings is 1. The molecule has 0 saturated carbocycles. The summed E-state index contributed by atoms with van der Waals surface area (Å²) in [6, 6.07) is 11.3. The molecule has 3 aliphatic heterocycles. The average molecular weight is 576 g/mol. The first-order valence-electron chi connectivity index (χ1n) is 14.3. The molecule has 0 amide bonds. The lowest BCUT2D eigenvalue weighted by Crippen LogP contribution is -2.53. The molecule has 0 bridgehead atoms. The van der Waals surface area contributed by atoms with Crippen molar-refractivity contribution in [2.45, 2.75) is 38.3 Å². The quantitative estimate of drug-likeness (QED) is 0.498. The molecule has 6 rings (SSSR count). The van der Waals surface area contributed by atoms with Crippen LogP contribution in [0.25, 0.3) is 10.9 Å². The number of pyridine rings is 1. The Balaban J connectivity index is 1.14. The van der Waals surface area contributed by atoms with Gasteiger partial charge in [0, 0.05) is 80.4 Å². The molecule has 3 aliphatic rings. The van der Waals surface area contributed by atoms with Crippen molar-refractivity contribution in [3.63, 3.8) is 0 Å². The number of hydrogen-bond donors (Lipinski definition) is 1. The molecule has 3 fully saturated rings. The molecule has 2 atom stereocenters. The van der Waals surface area contributed by atoms with Crippen LogP contribution in [0.15, 0.2) is 48.5 Å². The zero-order valence-corrected chi connectivity index (χ0v) is 23.9. The fourth-order valence-corrected chi connectivity index (χ4v) is 6.09. The van der Waals surface area contributed by atoms with Crippen molar-refractivity contribution in [1.82, 2.24) is 19.9 Å². The predicted octanol–water partition coefficient (Wildman–Crippen LogP) is 3.27. The second-order valence-electron chi connectivity index (χ2n) is 11.4. The maximum Gasteiger partial charge on any atom is 0.266 e. The molecule has 3 aromatic rings. The normalized spacial score (nSPS) is 23.7. The van der Waals surface area contributed by atoms with E-state index in [1.165, 1.54) is 4.90 Å². The van der Waals surface area contributed by atoms with Gasteiger partial charge >= 0.3 is 0 Å². The van der Waals surface area contributed by atoms with Gasteiger partial charge in [0.1, 0.15) is 23.8 Å². The van der Waals surface area contributed by atoms with Gasteiger partial charge in [-0.1, -0.05) is 0 Å². The number of ether oxygens (including phenoxy) is 1.